The van der Waals surface area contributed by atoms with E-state index in [1.165, 1.54) is 11.1 Å². The highest BCUT2D eigenvalue weighted by atomic mass is 32.2. The summed E-state index contributed by atoms with van der Waals surface area (Å²) in [5.74, 6) is 1.65. The molecule has 1 aromatic rings. The van der Waals surface area contributed by atoms with Crippen molar-refractivity contribution in [2.45, 2.75) is 25.4 Å². The summed E-state index contributed by atoms with van der Waals surface area (Å²) in [6.07, 6.45) is 0. The highest BCUT2D eigenvalue weighted by Crippen LogP contribution is 2.20. The van der Waals surface area contributed by atoms with E-state index < -0.39 is 0 Å². The minimum Gasteiger partial charge on any atom is -0.395 e. The van der Waals surface area contributed by atoms with Gasteiger partial charge in [-0.25, -0.2) is 0 Å². The normalized spacial score (nSPS) is 10.6. The Bertz CT molecular complexity index is 506. The fraction of sp³-hybridized carbons (Fsp3) is 0.556. The van der Waals surface area contributed by atoms with E-state index >= 15 is 0 Å². The molecule has 0 aliphatic heterocycles. The standard InChI is InChI=1S/C18H28N2O2S4/c1-3-19(9-11-21)17(23)25-13-15-5-7-16(8-6-15)14-26-18(24)20(4-2)10-12-22/h5-8,21-22H,3-4,9-14H2,1-2H3. The summed E-state index contributed by atoms with van der Waals surface area (Å²) >= 11 is 14.1. The molecule has 26 heavy (non-hydrogen) atoms. The molecule has 2 N–H and O–H groups in total. The van der Waals surface area contributed by atoms with E-state index in [0.29, 0.717) is 13.1 Å². The van der Waals surface area contributed by atoms with Crippen LogP contribution in [0.4, 0.5) is 0 Å². The molecule has 0 fully saturated rings. The van der Waals surface area contributed by atoms with Gasteiger partial charge >= 0.3 is 0 Å². The van der Waals surface area contributed by atoms with Crippen molar-refractivity contribution in [3.63, 3.8) is 0 Å². The summed E-state index contributed by atoms with van der Waals surface area (Å²) in [6.45, 7) is 7.13. The Morgan fingerprint density at radius 3 is 1.42 bits per heavy atom. The highest BCUT2D eigenvalue weighted by molar-refractivity contribution is 8.22. The number of thioether (sulfide) groups is 2. The third kappa shape index (κ3) is 8.54. The van der Waals surface area contributed by atoms with Gasteiger partial charge in [0.15, 0.2) is 0 Å². The highest BCUT2D eigenvalue weighted by Gasteiger charge is 2.09. The van der Waals surface area contributed by atoms with Crippen molar-refractivity contribution >= 4 is 56.6 Å². The zero-order valence-corrected chi connectivity index (χ0v) is 18.7. The molecule has 0 saturated heterocycles. The maximum atomic E-state index is 9.06. The number of aliphatic hydroxyl groups excluding tert-OH is 2. The lowest BCUT2D eigenvalue weighted by molar-refractivity contribution is 0.256. The van der Waals surface area contributed by atoms with Gasteiger partial charge in [0.05, 0.1) is 13.2 Å². The Balaban J connectivity index is 2.46. The third-order valence-electron chi connectivity index (χ3n) is 3.77. The summed E-state index contributed by atoms with van der Waals surface area (Å²) in [7, 11) is 0. The van der Waals surface area contributed by atoms with Crippen LogP contribution in [0.1, 0.15) is 25.0 Å². The molecule has 8 heteroatoms. The van der Waals surface area contributed by atoms with Crippen molar-refractivity contribution in [1.29, 1.82) is 0 Å². The van der Waals surface area contributed by atoms with Crippen LogP contribution >= 0.6 is 48.0 Å². The lowest BCUT2D eigenvalue weighted by Gasteiger charge is -2.22. The van der Waals surface area contributed by atoms with Crippen LogP contribution in [0.5, 0.6) is 0 Å². The molecule has 0 aliphatic carbocycles. The zero-order chi connectivity index (χ0) is 19.4. The van der Waals surface area contributed by atoms with Gasteiger partial charge in [0.2, 0.25) is 0 Å². The second kappa shape index (κ2) is 13.7. The van der Waals surface area contributed by atoms with Crippen molar-refractivity contribution < 1.29 is 10.2 Å². The molecule has 0 spiro atoms. The molecule has 0 saturated carbocycles. The monoisotopic (exact) mass is 432 g/mol. The molecular weight excluding hydrogens is 404 g/mol. The number of hydrogen-bond acceptors (Lipinski definition) is 6. The van der Waals surface area contributed by atoms with Gasteiger partial charge in [-0.2, -0.15) is 0 Å². The Labute approximate surface area is 176 Å². The first-order valence-electron chi connectivity index (χ1n) is 8.68. The summed E-state index contributed by atoms with van der Waals surface area (Å²) < 4.78 is 1.66. The lowest BCUT2D eigenvalue weighted by Crippen LogP contribution is -2.30. The Kier molecular flexibility index (Phi) is 12.5. The topological polar surface area (TPSA) is 46.9 Å². The molecule has 0 heterocycles. The van der Waals surface area contributed by atoms with Crippen molar-refractivity contribution in [2.75, 3.05) is 39.4 Å². The zero-order valence-electron chi connectivity index (χ0n) is 15.4. The van der Waals surface area contributed by atoms with Crippen molar-refractivity contribution in [3.05, 3.63) is 35.4 Å². The van der Waals surface area contributed by atoms with E-state index in [2.05, 4.69) is 24.3 Å². The first-order valence-corrected chi connectivity index (χ1v) is 11.5. The van der Waals surface area contributed by atoms with Crippen LogP contribution in [-0.4, -0.2) is 68.0 Å². The molecule has 146 valence electrons. The van der Waals surface area contributed by atoms with E-state index in [1.54, 1.807) is 23.5 Å². The van der Waals surface area contributed by atoms with E-state index in [4.69, 9.17) is 34.6 Å². The maximum Gasteiger partial charge on any atom is 0.136 e. The largest absolute Gasteiger partial charge is 0.395 e. The van der Waals surface area contributed by atoms with Gasteiger partial charge in [-0.05, 0) is 25.0 Å². The van der Waals surface area contributed by atoms with Crippen LogP contribution in [-0.2, 0) is 11.5 Å². The van der Waals surface area contributed by atoms with Gasteiger partial charge in [0, 0.05) is 37.7 Å². The minimum atomic E-state index is 0.122. The molecule has 0 bridgehead atoms. The van der Waals surface area contributed by atoms with Crippen LogP contribution in [0.25, 0.3) is 0 Å². The summed E-state index contributed by atoms with van der Waals surface area (Å²) in [6, 6.07) is 8.51. The summed E-state index contributed by atoms with van der Waals surface area (Å²) in [4.78, 5) is 4.02. The number of aliphatic hydroxyl groups is 2. The van der Waals surface area contributed by atoms with E-state index in [0.717, 1.165) is 33.2 Å². The molecule has 1 rings (SSSR count). The molecule has 0 atom stereocenters. The Morgan fingerprint density at radius 1 is 0.808 bits per heavy atom. The number of thiocarbonyl (C=S) groups is 2. The minimum absolute atomic E-state index is 0.122. The van der Waals surface area contributed by atoms with Crippen LogP contribution < -0.4 is 0 Å². The average molecular weight is 433 g/mol. The molecule has 0 aromatic heterocycles. The summed E-state index contributed by atoms with van der Waals surface area (Å²) in [5, 5.41) is 18.1. The fourth-order valence-electron chi connectivity index (χ4n) is 2.20. The average Bonchev–Trinajstić information content (AvgIpc) is 2.67. The smallest absolute Gasteiger partial charge is 0.136 e. The SMILES string of the molecule is CCN(CCO)C(=S)SCc1ccc(CSC(=S)N(CC)CCO)cc1. The van der Waals surface area contributed by atoms with E-state index in [9.17, 15) is 0 Å². The predicted molar refractivity (Wildman–Crippen MR) is 123 cm³/mol. The molecule has 0 unspecified atom stereocenters. The molecule has 4 nitrogen and oxygen atoms in total. The van der Waals surface area contributed by atoms with Gasteiger partial charge in [0.1, 0.15) is 8.64 Å². The van der Waals surface area contributed by atoms with Crippen molar-refractivity contribution in [1.82, 2.24) is 9.80 Å². The number of benzene rings is 1. The summed E-state index contributed by atoms with van der Waals surface area (Å²) in [5.41, 5.74) is 2.45. The van der Waals surface area contributed by atoms with Crippen LogP contribution in [0.2, 0.25) is 0 Å². The molecule has 0 amide bonds. The van der Waals surface area contributed by atoms with Crippen LogP contribution in [0, 0.1) is 0 Å². The van der Waals surface area contributed by atoms with Gasteiger partial charge < -0.3 is 20.0 Å². The first-order chi connectivity index (χ1) is 12.5. The first kappa shape index (κ1) is 23.7. The van der Waals surface area contributed by atoms with E-state index in [1.807, 2.05) is 23.6 Å². The lowest BCUT2D eigenvalue weighted by atomic mass is 10.2. The molecule has 0 radical (unpaired) electrons. The number of likely N-dealkylation sites (N-methyl/N-ethyl adjacent to an activating group) is 2. The molecule has 1 aromatic carbocycles. The number of rotatable bonds is 10. The fourth-order valence-corrected chi connectivity index (χ4v) is 4.77. The molecular formula is C18H28N2O2S4. The van der Waals surface area contributed by atoms with Crippen LogP contribution in [0.3, 0.4) is 0 Å². The molecule has 0 aliphatic rings. The third-order valence-corrected chi connectivity index (χ3v) is 6.96. The van der Waals surface area contributed by atoms with Gasteiger partial charge in [0.25, 0.3) is 0 Å². The predicted octanol–water partition coefficient (Wildman–Crippen LogP) is 3.35. The number of nitrogens with zero attached hydrogens (tertiary/aromatic N) is 2. The quantitative estimate of drug-likeness (QED) is 0.546. The van der Waals surface area contributed by atoms with Gasteiger partial charge in [-0.1, -0.05) is 72.2 Å². The van der Waals surface area contributed by atoms with Gasteiger partial charge in [-0.15, -0.1) is 0 Å². The van der Waals surface area contributed by atoms with Crippen LogP contribution in [0.15, 0.2) is 24.3 Å². The van der Waals surface area contributed by atoms with Gasteiger partial charge in [-0.3, -0.25) is 0 Å². The second-order valence-corrected chi connectivity index (χ2v) is 8.75. The second-order valence-electron chi connectivity index (χ2n) is 5.53. The van der Waals surface area contributed by atoms with E-state index in [-0.39, 0.29) is 13.2 Å². The maximum absolute atomic E-state index is 9.06. The number of hydrogen-bond donors (Lipinski definition) is 2. The van der Waals surface area contributed by atoms with Crippen molar-refractivity contribution in [3.8, 4) is 0 Å². The Hall–Kier alpha value is -0.380. The van der Waals surface area contributed by atoms with Crippen molar-refractivity contribution in [2.24, 2.45) is 0 Å². The Morgan fingerprint density at radius 2 is 1.15 bits per heavy atom.